The van der Waals surface area contributed by atoms with Crippen LogP contribution in [0.15, 0.2) is 63.8 Å². The molecular weight excluding hydrogens is 340 g/mol. The highest BCUT2D eigenvalue weighted by atomic mass is 16.3. The summed E-state index contributed by atoms with van der Waals surface area (Å²) in [4.78, 5) is 15.0. The lowest BCUT2D eigenvalue weighted by molar-refractivity contribution is -1.02. The van der Waals surface area contributed by atoms with Crippen molar-refractivity contribution in [1.82, 2.24) is 5.43 Å². The molecule has 2 heterocycles. The third kappa shape index (κ3) is 6.51. The summed E-state index contributed by atoms with van der Waals surface area (Å²) in [7, 11) is 0. The Morgan fingerprint density at radius 1 is 1.11 bits per heavy atom. The molecule has 0 radical (unpaired) electrons. The van der Waals surface area contributed by atoms with Gasteiger partial charge in [0.25, 0.3) is 5.91 Å². The fourth-order valence-corrected chi connectivity index (χ4v) is 3.30. The fourth-order valence-electron chi connectivity index (χ4n) is 3.30. The van der Waals surface area contributed by atoms with Crippen LogP contribution in [0.3, 0.4) is 0 Å². The number of quaternary nitrogens is 2. The maximum atomic E-state index is 12.1. The average Bonchev–Trinajstić information content (AvgIpc) is 3.17. The monoisotopic (exact) mass is 368 g/mol. The molecule has 142 valence electrons. The predicted molar refractivity (Wildman–Crippen MR) is 105 cm³/mol. The topological polar surface area (TPSA) is 63.5 Å². The van der Waals surface area contributed by atoms with E-state index in [2.05, 4.69) is 40.9 Å². The first-order valence-electron chi connectivity index (χ1n) is 9.44. The Kier molecular flexibility index (Phi) is 6.96. The second-order valence-corrected chi connectivity index (χ2v) is 7.04. The molecule has 0 unspecified atom stereocenters. The van der Waals surface area contributed by atoms with E-state index in [0.717, 1.165) is 44.1 Å². The number of hydrogen-bond donors (Lipinski definition) is 3. The zero-order valence-corrected chi connectivity index (χ0v) is 15.8. The van der Waals surface area contributed by atoms with Crippen molar-refractivity contribution < 1.29 is 19.0 Å². The summed E-state index contributed by atoms with van der Waals surface area (Å²) < 4.78 is 5.25. The number of nitrogens with one attached hydrogen (secondary N) is 3. The number of furan rings is 1. The summed E-state index contributed by atoms with van der Waals surface area (Å²) in [6.45, 7) is 7.64. The summed E-state index contributed by atoms with van der Waals surface area (Å²) in [5.41, 5.74) is 4.91. The van der Waals surface area contributed by atoms with E-state index in [0.29, 0.717) is 6.54 Å². The van der Waals surface area contributed by atoms with E-state index in [4.69, 9.17) is 4.42 Å². The summed E-state index contributed by atoms with van der Waals surface area (Å²) in [5, 5.41) is 4.03. The number of amides is 1. The van der Waals surface area contributed by atoms with Gasteiger partial charge in [-0.25, -0.2) is 5.43 Å². The van der Waals surface area contributed by atoms with Crippen molar-refractivity contribution in [3.63, 3.8) is 0 Å². The molecule has 27 heavy (non-hydrogen) atoms. The molecule has 1 aromatic carbocycles. The van der Waals surface area contributed by atoms with Gasteiger partial charge in [0, 0.05) is 5.56 Å². The lowest BCUT2D eigenvalue weighted by Crippen LogP contribution is -3.28. The Morgan fingerprint density at radius 3 is 2.56 bits per heavy atom. The van der Waals surface area contributed by atoms with E-state index in [1.807, 2.05) is 25.1 Å². The van der Waals surface area contributed by atoms with Gasteiger partial charge in [-0.1, -0.05) is 30.3 Å². The molecule has 0 aliphatic carbocycles. The molecule has 1 aliphatic heterocycles. The van der Waals surface area contributed by atoms with Crippen LogP contribution in [0.5, 0.6) is 0 Å². The first kappa shape index (κ1) is 19.1. The zero-order chi connectivity index (χ0) is 18.9. The molecule has 2 aromatic rings. The molecule has 3 rings (SSSR count). The van der Waals surface area contributed by atoms with Gasteiger partial charge in [0.05, 0.1) is 12.5 Å². The SMILES string of the molecule is CC(C=NNC(=O)C[NH+]1CC[NH+](Cc2ccccc2)CC1)=Cc1ccco1. The van der Waals surface area contributed by atoms with Crippen LogP contribution in [-0.2, 0) is 11.3 Å². The van der Waals surface area contributed by atoms with Gasteiger partial charge in [-0.15, -0.1) is 0 Å². The maximum Gasteiger partial charge on any atom is 0.295 e. The number of piperazine rings is 1. The predicted octanol–water partition coefficient (Wildman–Crippen LogP) is -0.231. The molecule has 1 fully saturated rings. The standard InChI is InChI=1S/C21H26N4O2/c1-18(14-20-8-5-13-27-20)15-22-23-21(26)17-25-11-9-24(10-12-25)16-19-6-3-2-4-7-19/h2-8,13-15H,9-12,16-17H2,1H3,(H,23,26)/p+2. The fraction of sp³-hybridized carbons (Fsp3) is 0.333. The van der Waals surface area contributed by atoms with E-state index in [-0.39, 0.29) is 5.91 Å². The van der Waals surface area contributed by atoms with Crippen LogP contribution in [-0.4, -0.2) is 44.8 Å². The molecule has 0 saturated carbocycles. The van der Waals surface area contributed by atoms with Crippen LogP contribution in [0.2, 0.25) is 0 Å². The largest absolute Gasteiger partial charge is 0.465 e. The van der Waals surface area contributed by atoms with Crippen LogP contribution in [0.25, 0.3) is 6.08 Å². The molecule has 0 bridgehead atoms. The number of benzene rings is 1. The van der Waals surface area contributed by atoms with Gasteiger partial charge in [0.2, 0.25) is 0 Å². The van der Waals surface area contributed by atoms with E-state index >= 15 is 0 Å². The van der Waals surface area contributed by atoms with E-state index < -0.39 is 0 Å². The lowest BCUT2D eigenvalue weighted by atomic mass is 10.2. The summed E-state index contributed by atoms with van der Waals surface area (Å²) in [6.07, 6.45) is 5.13. The normalized spacial score (nSPS) is 20.7. The molecule has 1 saturated heterocycles. The molecule has 0 spiro atoms. The zero-order valence-electron chi connectivity index (χ0n) is 15.8. The molecule has 1 aromatic heterocycles. The van der Waals surface area contributed by atoms with Gasteiger partial charge in [-0.3, -0.25) is 4.79 Å². The number of hydrogen-bond acceptors (Lipinski definition) is 3. The quantitative estimate of drug-likeness (QED) is 0.467. The van der Waals surface area contributed by atoms with Crippen molar-refractivity contribution in [2.24, 2.45) is 5.10 Å². The van der Waals surface area contributed by atoms with E-state index in [1.165, 1.54) is 10.5 Å². The van der Waals surface area contributed by atoms with Gasteiger partial charge in [-0.2, -0.15) is 5.10 Å². The van der Waals surface area contributed by atoms with Gasteiger partial charge in [-0.05, 0) is 30.7 Å². The summed E-state index contributed by atoms with van der Waals surface area (Å²) in [6, 6.07) is 14.3. The van der Waals surface area contributed by atoms with Crippen LogP contribution >= 0.6 is 0 Å². The smallest absolute Gasteiger partial charge is 0.295 e. The van der Waals surface area contributed by atoms with Crippen LogP contribution in [0, 0.1) is 0 Å². The Hall–Kier alpha value is -2.70. The number of nitrogens with zero attached hydrogens (tertiary/aromatic N) is 1. The van der Waals surface area contributed by atoms with Crippen molar-refractivity contribution in [1.29, 1.82) is 0 Å². The minimum atomic E-state index is -0.0430. The van der Waals surface area contributed by atoms with Crippen molar-refractivity contribution in [2.75, 3.05) is 32.7 Å². The Labute approximate surface area is 160 Å². The highest BCUT2D eigenvalue weighted by Gasteiger charge is 2.24. The third-order valence-corrected chi connectivity index (χ3v) is 4.74. The number of allylic oxidation sites excluding steroid dienone is 1. The Balaban J connectivity index is 1.36. The minimum absolute atomic E-state index is 0.0430. The highest BCUT2D eigenvalue weighted by Crippen LogP contribution is 2.05. The van der Waals surface area contributed by atoms with Crippen LogP contribution in [0.4, 0.5) is 0 Å². The van der Waals surface area contributed by atoms with E-state index in [1.54, 1.807) is 17.4 Å². The molecular formula is C21H28N4O2+2. The number of hydrazone groups is 1. The lowest BCUT2D eigenvalue weighted by Gasteiger charge is -2.29. The van der Waals surface area contributed by atoms with Crippen molar-refractivity contribution in [3.05, 3.63) is 65.6 Å². The maximum absolute atomic E-state index is 12.1. The van der Waals surface area contributed by atoms with Gasteiger partial charge in [0.1, 0.15) is 38.5 Å². The van der Waals surface area contributed by atoms with Crippen LogP contribution < -0.4 is 15.2 Å². The minimum Gasteiger partial charge on any atom is -0.465 e. The first-order valence-corrected chi connectivity index (χ1v) is 9.44. The molecule has 1 amide bonds. The second kappa shape index (κ2) is 9.85. The first-order chi connectivity index (χ1) is 13.2. The molecule has 6 nitrogen and oxygen atoms in total. The highest BCUT2D eigenvalue weighted by molar-refractivity contribution is 5.85. The van der Waals surface area contributed by atoms with Gasteiger partial charge in [0.15, 0.2) is 6.54 Å². The third-order valence-electron chi connectivity index (χ3n) is 4.74. The van der Waals surface area contributed by atoms with Crippen molar-refractivity contribution in [2.45, 2.75) is 13.5 Å². The summed E-state index contributed by atoms with van der Waals surface area (Å²) >= 11 is 0. The Bertz CT molecular complexity index is 761. The molecule has 0 atom stereocenters. The number of carbonyl (C=O) groups is 1. The van der Waals surface area contributed by atoms with Crippen molar-refractivity contribution in [3.8, 4) is 0 Å². The van der Waals surface area contributed by atoms with Gasteiger partial charge < -0.3 is 14.2 Å². The Morgan fingerprint density at radius 2 is 1.85 bits per heavy atom. The molecule has 3 N–H and O–H groups in total. The molecule has 6 heteroatoms. The van der Waals surface area contributed by atoms with E-state index in [9.17, 15) is 4.79 Å². The molecule has 1 aliphatic rings. The average molecular weight is 368 g/mol. The summed E-state index contributed by atoms with van der Waals surface area (Å²) in [5.74, 6) is 0.726. The number of rotatable bonds is 7. The number of carbonyl (C=O) groups excluding carboxylic acids is 1. The van der Waals surface area contributed by atoms with Crippen LogP contribution in [0.1, 0.15) is 18.2 Å². The van der Waals surface area contributed by atoms with Crippen molar-refractivity contribution >= 4 is 18.2 Å². The van der Waals surface area contributed by atoms with Gasteiger partial charge >= 0.3 is 0 Å². The second-order valence-electron chi connectivity index (χ2n) is 7.04.